The number of benzene rings is 1. The van der Waals surface area contributed by atoms with E-state index in [1.165, 1.54) is 4.70 Å². The summed E-state index contributed by atoms with van der Waals surface area (Å²) in [6.45, 7) is 1.61. The molecule has 2 heterocycles. The smallest absolute Gasteiger partial charge is 0.108 e. The topological polar surface area (TPSA) is 37.8 Å². The molecule has 0 bridgehead atoms. The maximum atomic E-state index is 4.57. The van der Waals surface area contributed by atoms with E-state index < -0.39 is 0 Å². The molecule has 1 N–H and O–H groups in total. The molecule has 0 radical (unpaired) electrons. The number of para-hydroxylation sites is 1. The zero-order chi connectivity index (χ0) is 11.5. The van der Waals surface area contributed by atoms with Gasteiger partial charge in [0, 0.05) is 18.5 Å². The molecule has 2 aromatic heterocycles. The SMILES string of the molecule is c1ccc2sc(CNCc3cscn3)nc2c1. The first kappa shape index (κ1) is 10.8. The predicted octanol–water partition coefficient (Wildman–Crippen LogP) is 3.04. The molecule has 0 saturated carbocycles. The maximum absolute atomic E-state index is 4.57. The fourth-order valence-electron chi connectivity index (χ4n) is 1.62. The molecular formula is C12H11N3S2. The Labute approximate surface area is 107 Å². The monoisotopic (exact) mass is 261 g/mol. The van der Waals surface area contributed by atoms with Crippen molar-refractivity contribution in [1.82, 2.24) is 15.3 Å². The van der Waals surface area contributed by atoms with Crippen LogP contribution >= 0.6 is 22.7 Å². The number of nitrogens with one attached hydrogen (secondary N) is 1. The van der Waals surface area contributed by atoms with Gasteiger partial charge in [-0.1, -0.05) is 12.1 Å². The van der Waals surface area contributed by atoms with Gasteiger partial charge in [-0.05, 0) is 12.1 Å². The highest BCUT2D eigenvalue weighted by Gasteiger charge is 2.02. The average molecular weight is 261 g/mol. The summed E-state index contributed by atoms with van der Waals surface area (Å²) in [5.74, 6) is 0. The van der Waals surface area contributed by atoms with E-state index in [0.29, 0.717) is 0 Å². The molecule has 5 heteroatoms. The van der Waals surface area contributed by atoms with Crippen LogP contribution in [0.15, 0.2) is 35.2 Å². The molecule has 3 aromatic rings. The molecule has 0 aliphatic carbocycles. The summed E-state index contributed by atoms with van der Waals surface area (Å²) >= 11 is 3.37. The van der Waals surface area contributed by atoms with Crippen molar-refractivity contribution >= 4 is 32.9 Å². The summed E-state index contributed by atoms with van der Waals surface area (Å²) in [6, 6.07) is 8.23. The lowest BCUT2D eigenvalue weighted by Crippen LogP contribution is -2.12. The van der Waals surface area contributed by atoms with Crippen molar-refractivity contribution in [1.29, 1.82) is 0 Å². The number of hydrogen-bond donors (Lipinski definition) is 1. The summed E-state index contributed by atoms with van der Waals surface area (Å²) in [5.41, 5.74) is 4.04. The Balaban J connectivity index is 1.65. The molecule has 86 valence electrons. The molecule has 3 rings (SSSR count). The van der Waals surface area contributed by atoms with Gasteiger partial charge >= 0.3 is 0 Å². The number of nitrogens with zero attached hydrogens (tertiary/aromatic N) is 2. The van der Waals surface area contributed by atoms with Crippen LogP contribution in [0.25, 0.3) is 10.2 Å². The minimum absolute atomic E-state index is 0.802. The van der Waals surface area contributed by atoms with Gasteiger partial charge in [-0.2, -0.15) is 0 Å². The van der Waals surface area contributed by atoms with Gasteiger partial charge in [0.15, 0.2) is 0 Å². The normalized spacial score (nSPS) is 11.1. The Morgan fingerprint density at radius 1 is 1.18 bits per heavy atom. The Kier molecular flexibility index (Phi) is 3.13. The van der Waals surface area contributed by atoms with Crippen LogP contribution < -0.4 is 5.32 Å². The fourth-order valence-corrected chi connectivity index (χ4v) is 3.11. The second-order valence-electron chi connectivity index (χ2n) is 3.66. The lowest BCUT2D eigenvalue weighted by molar-refractivity contribution is 0.680. The summed E-state index contributed by atoms with van der Waals surface area (Å²) in [5, 5.41) is 6.54. The first-order chi connectivity index (χ1) is 8.42. The van der Waals surface area contributed by atoms with E-state index in [0.717, 1.165) is 29.3 Å². The number of rotatable bonds is 4. The van der Waals surface area contributed by atoms with E-state index >= 15 is 0 Å². The lowest BCUT2D eigenvalue weighted by atomic mass is 10.3. The number of thiazole rings is 2. The van der Waals surface area contributed by atoms with Crippen LogP contribution in [0.5, 0.6) is 0 Å². The molecule has 3 nitrogen and oxygen atoms in total. The van der Waals surface area contributed by atoms with E-state index in [-0.39, 0.29) is 0 Å². The van der Waals surface area contributed by atoms with E-state index in [4.69, 9.17) is 0 Å². The van der Waals surface area contributed by atoms with Crippen molar-refractivity contribution in [3.05, 3.63) is 45.9 Å². The average Bonchev–Trinajstić information content (AvgIpc) is 2.96. The van der Waals surface area contributed by atoms with Crippen LogP contribution in [0.4, 0.5) is 0 Å². The zero-order valence-electron chi connectivity index (χ0n) is 9.09. The first-order valence-electron chi connectivity index (χ1n) is 5.34. The van der Waals surface area contributed by atoms with E-state index in [9.17, 15) is 0 Å². The molecule has 0 unspecified atom stereocenters. The third-order valence-electron chi connectivity index (χ3n) is 2.40. The van der Waals surface area contributed by atoms with Gasteiger partial charge in [0.05, 0.1) is 21.4 Å². The van der Waals surface area contributed by atoms with Crippen LogP contribution in [-0.4, -0.2) is 9.97 Å². The highest BCUT2D eigenvalue weighted by atomic mass is 32.1. The van der Waals surface area contributed by atoms with Crippen LogP contribution in [0.1, 0.15) is 10.7 Å². The standard InChI is InChI=1S/C12H11N3S2/c1-2-4-11-10(3-1)15-12(17-11)6-13-5-9-7-16-8-14-9/h1-4,7-8,13H,5-6H2. The van der Waals surface area contributed by atoms with Crippen molar-refractivity contribution in [2.45, 2.75) is 13.1 Å². The summed E-state index contributed by atoms with van der Waals surface area (Å²) in [6.07, 6.45) is 0. The van der Waals surface area contributed by atoms with E-state index in [1.54, 1.807) is 22.7 Å². The first-order valence-corrected chi connectivity index (χ1v) is 7.10. The van der Waals surface area contributed by atoms with Crippen molar-refractivity contribution in [2.75, 3.05) is 0 Å². The van der Waals surface area contributed by atoms with Gasteiger partial charge in [0.2, 0.25) is 0 Å². The highest BCUT2D eigenvalue weighted by Crippen LogP contribution is 2.21. The van der Waals surface area contributed by atoms with Crippen molar-refractivity contribution in [3.8, 4) is 0 Å². The predicted molar refractivity (Wildman–Crippen MR) is 72.3 cm³/mol. The molecule has 0 amide bonds. The quantitative estimate of drug-likeness (QED) is 0.784. The molecule has 1 aromatic carbocycles. The molecule has 0 aliphatic rings. The second-order valence-corrected chi connectivity index (χ2v) is 5.49. The van der Waals surface area contributed by atoms with Crippen molar-refractivity contribution < 1.29 is 0 Å². The van der Waals surface area contributed by atoms with Crippen LogP contribution in [0, 0.1) is 0 Å². The zero-order valence-corrected chi connectivity index (χ0v) is 10.7. The molecule has 0 saturated heterocycles. The van der Waals surface area contributed by atoms with Gasteiger partial charge < -0.3 is 5.32 Å². The number of hydrogen-bond acceptors (Lipinski definition) is 5. The molecule has 0 fully saturated rings. The van der Waals surface area contributed by atoms with Gasteiger partial charge in [0.25, 0.3) is 0 Å². The molecule has 17 heavy (non-hydrogen) atoms. The molecule has 0 atom stereocenters. The van der Waals surface area contributed by atoms with Crippen LogP contribution in [0.2, 0.25) is 0 Å². The minimum Gasteiger partial charge on any atom is -0.305 e. The van der Waals surface area contributed by atoms with Crippen LogP contribution in [-0.2, 0) is 13.1 Å². The third-order valence-corrected chi connectivity index (χ3v) is 4.08. The Bertz CT molecular complexity index is 568. The Morgan fingerprint density at radius 3 is 2.94 bits per heavy atom. The number of fused-ring (bicyclic) bond motifs is 1. The van der Waals surface area contributed by atoms with Gasteiger partial charge in [0.1, 0.15) is 5.01 Å². The lowest BCUT2D eigenvalue weighted by Gasteiger charge is -1.98. The minimum atomic E-state index is 0.802. The second kappa shape index (κ2) is 4.91. The fraction of sp³-hybridized carbons (Fsp3) is 0.167. The van der Waals surface area contributed by atoms with E-state index in [1.807, 2.05) is 17.6 Å². The third kappa shape index (κ3) is 2.52. The summed E-state index contributed by atoms with van der Waals surface area (Å²) < 4.78 is 1.25. The molecule has 0 aliphatic heterocycles. The van der Waals surface area contributed by atoms with Gasteiger partial charge in [-0.15, -0.1) is 22.7 Å². The van der Waals surface area contributed by atoms with Gasteiger partial charge in [-0.25, -0.2) is 9.97 Å². The van der Waals surface area contributed by atoms with Crippen LogP contribution in [0.3, 0.4) is 0 Å². The maximum Gasteiger partial charge on any atom is 0.108 e. The summed E-state index contributed by atoms with van der Waals surface area (Å²) in [7, 11) is 0. The highest BCUT2D eigenvalue weighted by molar-refractivity contribution is 7.18. The van der Waals surface area contributed by atoms with Crippen molar-refractivity contribution in [2.24, 2.45) is 0 Å². The molecular weight excluding hydrogens is 250 g/mol. The molecule has 0 spiro atoms. The Hall–Kier alpha value is -1.30. The largest absolute Gasteiger partial charge is 0.305 e. The van der Waals surface area contributed by atoms with Gasteiger partial charge in [-0.3, -0.25) is 0 Å². The number of aromatic nitrogens is 2. The summed E-state index contributed by atoms with van der Waals surface area (Å²) in [4.78, 5) is 8.80. The van der Waals surface area contributed by atoms with Crippen molar-refractivity contribution in [3.63, 3.8) is 0 Å². The Morgan fingerprint density at radius 2 is 2.12 bits per heavy atom. The van der Waals surface area contributed by atoms with E-state index in [2.05, 4.69) is 32.8 Å².